The number of hydrogen-bond acceptors (Lipinski definition) is 5. The molecule has 1 aliphatic rings. The van der Waals surface area contributed by atoms with Crippen molar-refractivity contribution in [2.75, 3.05) is 0 Å². The molecule has 0 unspecified atom stereocenters. The average Bonchev–Trinajstić information content (AvgIpc) is 3.26. The summed E-state index contributed by atoms with van der Waals surface area (Å²) in [6.45, 7) is -0.385. The highest BCUT2D eigenvalue weighted by Gasteiger charge is 2.30. The van der Waals surface area contributed by atoms with Gasteiger partial charge in [0, 0.05) is 11.6 Å². The van der Waals surface area contributed by atoms with Crippen LogP contribution in [-0.4, -0.2) is 38.2 Å². The van der Waals surface area contributed by atoms with Gasteiger partial charge in [0.1, 0.15) is 6.54 Å². The van der Waals surface area contributed by atoms with E-state index in [1.54, 1.807) is 0 Å². The standard InChI is InChI=1S/C16H17F3N6O2/c17-16(18,19)11-5-3-4-10(8-11)14-22-24-25(23-14)9-13(26)21-15(27)20-12-6-1-2-7-12/h3-5,8,12H,1-2,6-7,9H2,(H2,20,21,26,27). The lowest BCUT2D eigenvalue weighted by atomic mass is 10.1. The molecule has 1 aromatic heterocycles. The second-order valence-corrected chi connectivity index (χ2v) is 6.23. The molecule has 3 amide bonds. The van der Waals surface area contributed by atoms with Crippen molar-refractivity contribution in [3.05, 3.63) is 29.8 Å². The molecule has 1 aromatic carbocycles. The Morgan fingerprint density at radius 3 is 2.67 bits per heavy atom. The molecule has 0 bridgehead atoms. The molecule has 0 aliphatic heterocycles. The van der Waals surface area contributed by atoms with Crippen LogP contribution < -0.4 is 10.6 Å². The van der Waals surface area contributed by atoms with Crippen molar-refractivity contribution in [3.63, 3.8) is 0 Å². The Balaban J connectivity index is 1.59. The zero-order chi connectivity index (χ0) is 19.4. The fourth-order valence-electron chi connectivity index (χ4n) is 2.85. The lowest BCUT2D eigenvalue weighted by Crippen LogP contribution is -2.44. The first-order valence-corrected chi connectivity index (χ1v) is 8.37. The highest BCUT2D eigenvalue weighted by molar-refractivity contribution is 5.94. The number of nitrogens with one attached hydrogen (secondary N) is 2. The molecule has 0 radical (unpaired) electrons. The maximum absolute atomic E-state index is 12.8. The van der Waals surface area contributed by atoms with Crippen LogP contribution in [0.5, 0.6) is 0 Å². The second-order valence-electron chi connectivity index (χ2n) is 6.23. The van der Waals surface area contributed by atoms with Gasteiger partial charge in [0.15, 0.2) is 0 Å². The Labute approximate surface area is 152 Å². The van der Waals surface area contributed by atoms with Gasteiger partial charge in [-0.3, -0.25) is 10.1 Å². The van der Waals surface area contributed by atoms with Crippen LogP contribution in [0.3, 0.4) is 0 Å². The van der Waals surface area contributed by atoms with E-state index in [-0.39, 0.29) is 24.0 Å². The summed E-state index contributed by atoms with van der Waals surface area (Å²) in [6, 6.07) is 3.95. The maximum Gasteiger partial charge on any atom is 0.416 e. The van der Waals surface area contributed by atoms with E-state index in [9.17, 15) is 22.8 Å². The van der Waals surface area contributed by atoms with Crippen LogP contribution >= 0.6 is 0 Å². The van der Waals surface area contributed by atoms with E-state index in [1.807, 2.05) is 0 Å². The molecule has 3 rings (SSSR count). The third-order valence-electron chi connectivity index (χ3n) is 4.13. The number of aromatic nitrogens is 4. The zero-order valence-electron chi connectivity index (χ0n) is 14.2. The van der Waals surface area contributed by atoms with E-state index in [1.165, 1.54) is 12.1 Å². The Hall–Kier alpha value is -2.98. The quantitative estimate of drug-likeness (QED) is 0.844. The number of alkyl halides is 3. The summed E-state index contributed by atoms with van der Waals surface area (Å²) in [5.41, 5.74) is -0.715. The number of carbonyl (C=O) groups is 2. The molecule has 1 saturated carbocycles. The van der Waals surface area contributed by atoms with Crippen LogP contribution in [0.2, 0.25) is 0 Å². The van der Waals surface area contributed by atoms with Gasteiger partial charge < -0.3 is 5.32 Å². The van der Waals surface area contributed by atoms with Gasteiger partial charge in [-0.2, -0.15) is 18.0 Å². The van der Waals surface area contributed by atoms with E-state index in [4.69, 9.17) is 0 Å². The number of urea groups is 1. The van der Waals surface area contributed by atoms with Crippen molar-refractivity contribution in [2.24, 2.45) is 0 Å². The highest BCUT2D eigenvalue weighted by Crippen LogP contribution is 2.31. The second kappa shape index (κ2) is 7.72. The lowest BCUT2D eigenvalue weighted by Gasteiger charge is -2.11. The molecule has 2 N–H and O–H groups in total. The molecular weight excluding hydrogens is 365 g/mol. The van der Waals surface area contributed by atoms with Crippen LogP contribution in [0, 0.1) is 0 Å². The van der Waals surface area contributed by atoms with Crippen LogP contribution in [-0.2, 0) is 17.5 Å². The van der Waals surface area contributed by atoms with Crippen LogP contribution in [0.1, 0.15) is 31.2 Å². The molecule has 11 heteroatoms. The molecule has 0 atom stereocenters. The normalized spacial score (nSPS) is 14.9. The molecule has 2 aromatic rings. The van der Waals surface area contributed by atoms with Crippen molar-refractivity contribution < 1.29 is 22.8 Å². The number of benzene rings is 1. The Morgan fingerprint density at radius 2 is 1.96 bits per heavy atom. The van der Waals surface area contributed by atoms with Gasteiger partial charge in [-0.1, -0.05) is 25.0 Å². The average molecular weight is 382 g/mol. The molecule has 1 heterocycles. The lowest BCUT2D eigenvalue weighted by molar-refractivity contribution is -0.137. The first-order chi connectivity index (χ1) is 12.8. The number of tetrazole rings is 1. The van der Waals surface area contributed by atoms with Gasteiger partial charge in [0.25, 0.3) is 5.91 Å². The Bertz CT molecular complexity index is 830. The number of halogens is 3. The minimum atomic E-state index is -4.49. The fourth-order valence-corrected chi connectivity index (χ4v) is 2.85. The number of imide groups is 1. The number of carbonyl (C=O) groups excluding carboxylic acids is 2. The number of rotatable bonds is 4. The molecule has 1 aliphatic carbocycles. The van der Waals surface area contributed by atoms with E-state index < -0.39 is 23.7 Å². The third-order valence-corrected chi connectivity index (χ3v) is 4.13. The topological polar surface area (TPSA) is 102 Å². The molecule has 1 fully saturated rings. The number of amides is 3. The third kappa shape index (κ3) is 5.02. The fraction of sp³-hybridized carbons (Fsp3) is 0.438. The molecule has 8 nitrogen and oxygen atoms in total. The smallest absolute Gasteiger partial charge is 0.335 e. The van der Waals surface area contributed by atoms with Gasteiger partial charge >= 0.3 is 12.2 Å². The molecule has 0 saturated heterocycles. The summed E-state index contributed by atoms with van der Waals surface area (Å²) in [4.78, 5) is 24.5. The van der Waals surface area contributed by atoms with Crippen molar-refractivity contribution in [3.8, 4) is 11.4 Å². The predicted octanol–water partition coefficient (Wildman–Crippen LogP) is 2.13. The van der Waals surface area contributed by atoms with Gasteiger partial charge in [-0.15, -0.1) is 10.2 Å². The first-order valence-electron chi connectivity index (χ1n) is 8.37. The largest absolute Gasteiger partial charge is 0.416 e. The Morgan fingerprint density at radius 1 is 1.22 bits per heavy atom. The molecule has 0 spiro atoms. The van der Waals surface area contributed by atoms with Gasteiger partial charge in [0.2, 0.25) is 5.82 Å². The highest BCUT2D eigenvalue weighted by atomic mass is 19.4. The summed E-state index contributed by atoms with van der Waals surface area (Å²) in [5.74, 6) is -0.706. The predicted molar refractivity (Wildman–Crippen MR) is 87.2 cm³/mol. The summed E-state index contributed by atoms with van der Waals surface area (Å²) >= 11 is 0. The Kier molecular flexibility index (Phi) is 5.38. The zero-order valence-corrected chi connectivity index (χ0v) is 14.2. The summed E-state index contributed by atoms with van der Waals surface area (Å²) in [6.07, 6.45) is -0.641. The van der Waals surface area contributed by atoms with E-state index >= 15 is 0 Å². The summed E-state index contributed by atoms with van der Waals surface area (Å²) in [7, 11) is 0. The first kappa shape index (κ1) is 18.8. The van der Waals surface area contributed by atoms with Crippen molar-refractivity contribution in [1.29, 1.82) is 0 Å². The summed E-state index contributed by atoms with van der Waals surface area (Å²) in [5, 5.41) is 16.1. The van der Waals surface area contributed by atoms with Crippen molar-refractivity contribution in [1.82, 2.24) is 30.8 Å². The number of hydrogen-bond donors (Lipinski definition) is 2. The van der Waals surface area contributed by atoms with Gasteiger partial charge in [-0.25, -0.2) is 4.79 Å². The maximum atomic E-state index is 12.8. The molecule has 27 heavy (non-hydrogen) atoms. The van der Waals surface area contributed by atoms with Crippen LogP contribution in [0.25, 0.3) is 11.4 Å². The molecular formula is C16H17F3N6O2. The monoisotopic (exact) mass is 382 g/mol. The summed E-state index contributed by atoms with van der Waals surface area (Å²) < 4.78 is 38.3. The molecule has 144 valence electrons. The van der Waals surface area contributed by atoms with E-state index in [0.717, 1.165) is 42.6 Å². The minimum Gasteiger partial charge on any atom is -0.335 e. The van der Waals surface area contributed by atoms with E-state index in [0.29, 0.717) is 0 Å². The van der Waals surface area contributed by atoms with Crippen molar-refractivity contribution >= 4 is 11.9 Å². The SMILES string of the molecule is O=C(Cn1nnc(-c2cccc(C(F)(F)F)c2)n1)NC(=O)NC1CCCC1. The van der Waals surface area contributed by atoms with Crippen LogP contribution in [0.4, 0.5) is 18.0 Å². The minimum absolute atomic E-state index is 0.0516. The van der Waals surface area contributed by atoms with Crippen LogP contribution in [0.15, 0.2) is 24.3 Å². The van der Waals surface area contributed by atoms with E-state index in [2.05, 4.69) is 26.0 Å². The van der Waals surface area contributed by atoms with Gasteiger partial charge in [0.05, 0.1) is 5.56 Å². The van der Waals surface area contributed by atoms with Crippen molar-refractivity contribution in [2.45, 2.75) is 44.4 Å². The van der Waals surface area contributed by atoms with Gasteiger partial charge in [-0.05, 0) is 30.2 Å². The number of nitrogens with zero attached hydrogens (tertiary/aromatic N) is 4.